The van der Waals surface area contributed by atoms with Crippen LogP contribution in [0.25, 0.3) is 10.9 Å². The van der Waals surface area contributed by atoms with Crippen molar-refractivity contribution >= 4 is 22.8 Å². The molecule has 1 atom stereocenters. The monoisotopic (exact) mass is 273 g/mol. The second kappa shape index (κ2) is 4.63. The van der Waals surface area contributed by atoms with Crippen molar-refractivity contribution in [2.45, 2.75) is 6.92 Å². The van der Waals surface area contributed by atoms with E-state index in [9.17, 15) is 9.59 Å². The number of carbonyl (C=O) groups is 2. The third-order valence-corrected chi connectivity index (χ3v) is 3.98. The first kappa shape index (κ1) is 12.7. The van der Waals surface area contributed by atoms with Crippen molar-refractivity contribution in [3.05, 3.63) is 30.0 Å². The minimum atomic E-state index is -0.804. The number of carbonyl (C=O) groups excluding carboxylic acids is 1. The van der Waals surface area contributed by atoms with Crippen LogP contribution in [-0.2, 0) is 4.79 Å². The van der Waals surface area contributed by atoms with Crippen LogP contribution in [0.1, 0.15) is 17.3 Å². The molecule has 1 aromatic heterocycles. The summed E-state index contributed by atoms with van der Waals surface area (Å²) in [4.78, 5) is 24.8. The maximum Gasteiger partial charge on any atom is 0.306 e. The van der Waals surface area contributed by atoms with Crippen molar-refractivity contribution in [1.82, 2.24) is 15.1 Å². The van der Waals surface area contributed by atoms with E-state index in [0.29, 0.717) is 18.7 Å². The molecular weight excluding hydrogens is 258 g/mol. The van der Waals surface area contributed by atoms with Crippen molar-refractivity contribution in [1.29, 1.82) is 0 Å². The van der Waals surface area contributed by atoms with Gasteiger partial charge in [-0.2, -0.15) is 5.10 Å². The second-order valence-corrected chi connectivity index (χ2v) is 5.27. The van der Waals surface area contributed by atoms with Gasteiger partial charge < -0.3 is 10.0 Å². The Morgan fingerprint density at radius 3 is 2.90 bits per heavy atom. The van der Waals surface area contributed by atoms with Gasteiger partial charge in [0.1, 0.15) is 0 Å². The molecule has 0 radical (unpaired) electrons. The molecule has 1 unspecified atom stereocenters. The van der Waals surface area contributed by atoms with Crippen molar-refractivity contribution in [3.8, 4) is 0 Å². The van der Waals surface area contributed by atoms with Crippen molar-refractivity contribution in [2.75, 3.05) is 13.1 Å². The Bertz CT molecular complexity index is 673. The average molecular weight is 273 g/mol. The lowest BCUT2D eigenvalue weighted by Gasteiger charge is -2.41. The number of rotatable bonds is 3. The van der Waals surface area contributed by atoms with Gasteiger partial charge in [0.2, 0.25) is 0 Å². The number of carboxylic acid groups (broad SMARTS) is 1. The lowest BCUT2D eigenvalue weighted by Crippen LogP contribution is -2.53. The molecule has 0 aliphatic carbocycles. The predicted octanol–water partition coefficient (Wildman–Crippen LogP) is 1.36. The van der Waals surface area contributed by atoms with Gasteiger partial charge in [0.05, 0.1) is 17.6 Å². The first-order valence-electron chi connectivity index (χ1n) is 6.51. The molecule has 1 aliphatic rings. The lowest BCUT2D eigenvalue weighted by molar-refractivity contribution is -0.144. The number of carboxylic acids is 1. The van der Waals surface area contributed by atoms with E-state index in [1.54, 1.807) is 30.2 Å². The SMILES string of the molecule is CC(C(=O)O)C1CN(C(=O)c2ccc3[nH]ncc3c2)C1. The summed E-state index contributed by atoms with van der Waals surface area (Å²) in [5.74, 6) is -1.21. The van der Waals surface area contributed by atoms with Crippen molar-refractivity contribution in [3.63, 3.8) is 0 Å². The van der Waals surface area contributed by atoms with E-state index >= 15 is 0 Å². The van der Waals surface area contributed by atoms with Crippen LogP contribution in [0.4, 0.5) is 0 Å². The standard InChI is InChI=1S/C14H15N3O3/c1-8(14(19)20)11-6-17(7-11)13(18)9-2-3-12-10(4-9)5-15-16-12/h2-5,8,11H,6-7H2,1H3,(H,15,16)(H,19,20). The summed E-state index contributed by atoms with van der Waals surface area (Å²) in [5.41, 5.74) is 1.50. The number of fused-ring (bicyclic) bond motifs is 1. The number of amides is 1. The summed E-state index contributed by atoms with van der Waals surface area (Å²) in [7, 11) is 0. The fourth-order valence-electron chi connectivity index (χ4n) is 2.45. The van der Waals surface area contributed by atoms with Crippen LogP contribution < -0.4 is 0 Å². The zero-order valence-electron chi connectivity index (χ0n) is 11.0. The molecule has 104 valence electrons. The van der Waals surface area contributed by atoms with E-state index in [0.717, 1.165) is 10.9 Å². The molecule has 0 bridgehead atoms. The number of aromatic amines is 1. The predicted molar refractivity (Wildman–Crippen MR) is 72.3 cm³/mol. The average Bonchev–Trinajstić information content (AvgIpc) is 2.83. The summed E-state index contributed by atoms with van der Waals surface area (Å²) >= 11 is 0. The van der Waals surface area contributed by atoms with E-state index < -0.39 is 11.9 Å². The molecule has 1 amide bonds. The number of aromatic nitrogens is 2. The third-order valence-electron chi connectivity index (χ3n) is 3.98. The van der Waals surface area contributed by atoms with Crippen LogP contribution >= 0.6 is 0 Å². The van der Waals surface area contributed by atoms with E-state index in [-0.39, 0.29) is 11.8 Å². The number of benzene rings is 1. The number of nitrogens with zero attached hydrogens (tertiary/aromatic N) is 2. The molecule has 1 aromatic carbocycles. The smallest absolute Gasteiger partial charge is 0.306 e. The summed E-state index contributed by atoms with van der Waals surface area (Å²) in [6.45, 7) is 2.71. The molecule has 1 aliphatic heterocycles. The molecule has 0 spiro atoms. The second-order valence-electron chi connectivity index (χ2n) is 5.27. The molecule has 6 heteroatoms. The molecule has 2 aromatic rings. The number of H-pyrrole nitrogens is 1. The van der Waals surface area contributed by atoms with Gasteiger partial charge in [-0.25, -0.2) is 0 Å². The summed E-state index contributed by atoms with van der Waals surface area (Å²) in [6.07, 6.45) is 1.68. The largest absolute Gasteiger partial charge is 0.481 e. The fraction of sp³-hybridized carbons (Fsp3) is 0.357. The molecule has 2 heterocycles. The fourth-order valence-corrected chi connectivity index (χ4v) is 2.45. The van der Waals surface area contributed by atoms with E-state index in [4.69, 9.17) is 5.11 Å². The molecule has 2 N–H and O–H groups in total. The van der Waals surface area contributed by atoms with Gasteiger partial charge in [0, 0.05) is 30.0 Å². The number of likely N-dealkylation sites (tertiary alicyclic amines) is 1. The van der Waals surface area contributed by atoms with Crippen LogP contribution in [0, 0.1) is 11.8 Å². The summed E-state index contributed by atoms with van der Waals surface area (Å²) < 4.78 is 0. The Morgan fingerprint density at radius 2 is 2.20 bits per heavy atom. The van der Waals surface area contributed by atoms with Gasteiger partial charge in [0.15, 0.2) is 0 Å². The molecular formula is C14H15N3O3. The first-order valence-corrected chi connectivity index (χ1v) is 6.51. The van der Waals surface area contributed by atoms with Gasteiger partial charge in [-0.15, -0.1) is 0 Å². The van der Waals surface area contributed by atoms with Crippen LogP contribution in [-0.4, -0.2) is 45.2 Å². The van der Waals surface area contributed by atoms with Crippen LogP contribution in [0.5, 0.6) is 0 Å². The number of aliphatic carboxylic acids is 1. The Labute approximate surface area is 115 Å². The van der Waals surface area contributed by atoms with Crippen molar-refractivity contribution in [2.24, 2.45) is 11.8 Å². The van der Waals surface area contributed by atoms with Crippen molar-refractivity contribution < 1.29 is 14.7 Å². The minimum absolute atomic E-state index is 0.0501. The van der Waals surface area contributed by atoms with E-state index in [2.05, 4.69) is 10.2 Å². The Morgan fingerprint density at radius 1 is 1.45 bits per heavy atom. The Kier molecular flexibility index (Phi) is 2.93. The van der Waals surface area contributed by atoms with Crippen LogP contribution in [0.3, 0.4) is 0 Å². The highest BCUT2D eigenvalue weighted by molar-refractivity contribution is 5.98. The molecule has 1 saturated heterocycles. The molecule has 6 nitrogen and oxygen atoms in total. The molecule has 3 rings (SSSR count). The van der Waals surface area contributed by atoms with Gasteiger partial charge in [-0.3, -0.25) is 14.7 Å². The zero-order valence-corrected chi connectivity index (χ0v) is 11.0. The highest BCUT2D eigenvalue weighted by Crippen LogP contribution is 2.26. The van der Waals surface area contributed by atoms with Gasteiger partial charge in [0.25, 0.3) is 5.91 Å². The van der Waals surface area contributed by atoms with Crippen LogP contribution in [0.2, 0.25) is 0 Å². The van der Waals surface area contributed by atoms with E-state index in [1.807, 2.05) is 6.07 Å². The third kappa shape index (κ3) is 2.03. The van der Waals surface area contributed by atoms with E-state index in [1.165, 1.54) is 0 Å². The summed E-state index contributed by atoms with van der Waals surface area (Å²) in [6, 6.07) is 5.39. The Hall–Kier alpha value is -2.37. The molecule has 1 fully saturated rings. The minimum Gasteiger partial charge on any atom is -0.481 e. The number of nitrogens with one attached hydrogen (secondary N) is 1. The van der Waals surface area contributed by atoms with Gasteiger partial charge >= 0.3 is 5.97 Å². The first-order chi connectivity index (χ1) is 9.56. The normalized spacial score (nSPS) is 16.9. The number of hydrogen-bond donors (Lipinski definition) is 2. The number of hydrogen-bond acceptors (Lipinski definition) is 3. The molecule has 20 heavy (non-hydrogen) atoms. The lowest BCUT2D eigenvalue weighted by atomic mass is 9.86. The Balaban J connectivity index is 1.70. The highest BCUT2D eigenvalue weighted by Gasteiger charge is 2.37. The molecule has 0 saturated carbocycles. The maximum atomic E-state index is 12.3. The highest BCUT2D eigenvalue weighted by atomic mass is 16.4. The van der Waals surface area contributed by atoms with Gasteiger partial charge in [-0.05, 0) is 18.2 Å². The topological polar surface area (TPSA) is 86.3 Å². The summed E-state index contributed by atoms with van der Waals surface area (Å²) in [5, 5.41) is 16.6. The van der Waals surface area contributed by atoms with Gasteiger partial charge in [-0.1, -0.05) is 6.92 Å². The van der Waals surface area contributed by atoms with Crippen LogP contribution in [0.15, 0.2) is 24.4 Å². The quantitative estimate of drug-likeness (QED) is 0.884. The zero-order chi connectivity index (χ0) is 14.3. The maximum absolute atomic E-state index is 12.3.